The van der Waals surface area contributed by atoms with Gasteiger partial charge in [-0.05, 0) is 25.3 Å². The first-order valence-corrected chi connectivity index (χ1v) is 5.53. The Morgan fingerprint density at radius 1 is 1.38 bits per heavy atom. The van der Waals surface area contributed by atoms with Gasteiger partial charge in [-0.15, -0.1) is 0 Å². The van der Waals surface area contributed by atoms with Crippen LogP contribution in [-0.2, 0) is 0 Å². The Morgan fingerprint density at radius 2 is 2.31 bits per heavy atom. The van der Waals surface area contributed by atoms with Gasteiger partial charge in [-0.1, -0.05) is 0 Å². The van der Waals surface area contributed by atoms with Crippen LogP contribution in [0.2, 0.25) is 0 Å². The lowest BCUT2D eigenvalue weighted by atomic mass is 10.2. The molecule has 0 radical (unpaired) electrons. The zero-order valence-electron chi connectivity index (χ0n) is 8.78. The Bertz CT molecular complexity index is 495. The highest BCUT2D eigenvalue weighted by molar-refractivity contribution is 5.86. The lowest BCUT2D eigenvalue weighted by Crippen LogP contribution is -2.25. The van der Waals surface area contributed by atoms with Gasteiger partial charge in [0, 0.05) is 6.20 Å². The molecule has 4 nitrogen and oxygen atoms in total. The van der Waals surface area contributed by atoms with Crippen LogP contribution in [0.1, 0.15) is 19.3 Å². The first kappa shape index (κ1) is 9.57. The number of nitrogens with one attached hydrogen (secondary N) is 2. The van der Waals surface area contributed by atoms with Gasteiger partial charge in [0.2, 0.25) is 0 Å². The Balaban J connectivity index is 1.91. The van der Waals surface area contributed by atoms with Crippen LogP contribution in [-0.4, -0.2) is 27.2 Å². The Kier molecular flexibility index (Phi) is 2.23. The number of anilines is 1. The average Bonchev–Trinajstić information content (AvgIpc) is 2.89. The Labute approximate surface area is 92.3 Å². The summed E-state index contributed by atoms with van der Waals surface area (Å²) in [5.41, 5.74) is 0.783. The monoisotopic (exact) mass is 220 g/mol. The maximum atomic E-state index is 13.5. The van der Waals surface area contributed by atoms with Crippen molar-refractivity contribution in [2.75, 3.05) is 5.32 Å². The largest absolute Gasteiger partial charge is 0.364 e. The second-order valence-corrected chi connectivity index (χ2v) is 4.16. The summed E-state index contributed by atoms with van der Waals surface area (Å²) >= 11 is 0. The second-order valence-electron chi connectivity index (χ2n) is 4.16. The van der Waals surface area contributed by atoms with E-state index in [0.717, 1.165) is 29.7 Å². The average molecular weight is 220 g/mol. The van der Waals surface area contributed by atoms with Crippen molar-refractivity contribution >= 4 is 16.9 Å². The number of hydrogen-bond donors (Lipinski definition) is 2. The molecule has 2 heterocycles. The molecule has 0 aromatic carbocycles. The maximum absolute atomic E-state index is 13.5. The van der Waals surface area contributed by atoms with Crippen LogP contribution in [0.15, 0.2) is 18.6 Å². The topological polar surface area (TPSA) is 53.6 Å². The number of nitrogens with zero attached hydrogens (tertiary/aromatic N) is 2. The van der Waals surface area contributed by atoms with Gasteiger partial charge in [-0.2, -0.15) is 0 Å². The second kappa shape index (κ2) is 3.73. The minimum absolute atomic E-state index is 0.104. The number of rotatable bonds is 2. The van der Waals surface area contributed by atoms with Crippen molar-refractivity contribution in [3.63, 3.8) is 0 Å². The van der Waals surface area contributed by atoms with Crippen LogP contribution in [0, 0.1) is 0 Å². The molecule has 3 rings (SSSR count). The molecule has 2 atom stereocenters. The summed E-state index contributed by atoms with van der Waals surface area (Å²) in [5.74, 6) is 0.723. The number of halogens is 1. The summed E-state index contributed by atoms with van der Waals surface area (Å²) in [7, 11) is 0. The predicted octanol–water partition coefficient (Wildman–Crippen LogP) is 2.26. The summed E-state index contributed by atoms with van der Waals surface area (Å²) in [6.07, 6.45) is 5.01. The minimum atomic E-state index is -0.760. The summed E-state index contributed by atoms with van der Waals surface area (Å²) in [4.78, 5) is 11.3. The van der Waals surface area contributed by atoms with Gasteiger partial charge >= 0.3 is 0 Å². The zero-order chi connectivity index (χ0) is 11.0. The van der Waals surface area contributed by atoms with E-state index in [1.807, 2.05) is 12.3 Å². The molecule has 2 unspecified atom stereocenters. The van der Waals surface area contributed by atoms with E-state index in [9.17, 15) is 4.39 Å². The number of H-pyrrole nitrogens is 1. The highest BCUT2D eigenvalue weighted by Gasteiger charge is 2.27. The van der Waals surface area contributed by atoms with E-state index in [-0.39, 0.29) is 6.04 Å². The summed E-state index contributed by atoms with van der Waals surface area (Å²) in [5, 5.41) is 4.09. The molecule has 2 aromatic heterocycles. The van der Waals surface area contributed by atoms with Crippen LogP contribution >= 0.6 is 0 Å². The van der Waals surface area contributed by atoms with Gasteiger partial charge in [0.05, 0.1) is 11.4 Å². The third-order valence-electron chi connectivity index (χ3n) is 3.11. The van der Waals surface area contributed by atoms with Crippen molar-refractivity contribution in [3.8, 4) is 0 Å². The minimum Gasteiger partial charge on any atom is -0.364 e. The molecule has 1 fully saturated rings. The number of alkyl halides is 1. The van der Waals surface area contributed by atoms with Gasteiger partial charge in [-0.25, -0.2) is 14.4 Å². The fourth-order valence-electron chi connectivity index (χ4n) is 2.24. The van der Waals surface area contributed by atoms with Gasteiger partial charge in [0.15, 0.2) is 0 Å². The van der Waals surface area contributed by atoms with Gasteiger partial charge < -0.3 is 10.3 Å². The predicted molar refractivity (Wildman–Crippen MR) is 60.0 cm³/mol. The first-order valence-electron chi connectivity index (χ1n) is 5.53. The normalized spacial score (nSPS) is 25.1. The maximum Gasteiger partial charge on any atom is 0.142 e. The van der Waals surface area contributed by atoms with E-state index in [4.69, 9.17) is 0 Å². The molecule has 5 heteroatoms. The number of fused-ring (bicyclic) bond motifs is 1. The smallest absolute Gasteiger partial charge is 0.142 e. The zero-order valence-corrected chi connectivity index (χ0v) is 8.78. The molecule has 1 aliphatic carbocycles. The summed E-state index contributed by atoms with van der Waals surface area (Å²) < 4.78 is 13.5. The molecule has 16 heavy (non-hydrogen) atoms. The van der Waals surface area contributed by atoms with Gasteiger partial charge in [0.25, 0.3) is 0 Å². The van der Waals surface area contributed by atoms with Crippen molar-refractivity contribution in [1.82, 2.24) is 15.0 Å². The van der Waals surface area contributed by atoms with Crippen LogP contribution in [0.3, 0.4) is 0 Å². The summed E-state index contributed by atoms with van der Waals surface area (Å²) in [6, 6.07) is 1.80. The molecule has 0 amide bonds. The van der Waals surface area contributed by atoms with Crippen molar-refractivity contribution in [2.24, 2.45) is 0 Å². The van der Waals surface area contributed by atoms with E-state index in [1.54, 1.807) is 0 Å². The molecule has 0 aliphatic heterocycles. The van der Waals surface area contributed by atoms with Crippen LogP contribution in [0.25, 0.3) is 11.0 Å². The lowest BCUT2D eigenvalue weighted by molar-refractivity contribution is 0.323. The van der Waals surface area contributed by atoms with E-state index in [0.29, 0.717) is 6.42 Å². The molecule has 0 bridgehead atoms. The van der Waals surface area contributed by atoms with E-state index < -0.39 is 6.17 Å². The molecule has 0 saturated heterocycles. The SMILES string of the molecule is FC1CCCC1Nc1ncnc2[nH]ccc12. The highest BCUT2D eigenvalue weighted by atomic mass is 19.1. The van der Waals surface area contributed by atoms with Crippen LogP contribution in [0.5, 0.6) is 0 Å². The van der Waals surface area contributed by atoms with E-state index in [2.05, 4.69) is 20.3 Å². The molecule has 0 spiro atoms. The number of aromatic amines is 1. The van der Waals surface area contributed by atoms with E-state index in [1.165, 1.54) is 6.33 Å². The summed E-state index contributed by atoms with van der Waals surface area (Å²) in [6.45, 7) is 0. The third-order valence-corrected chi connectivity index (χ3v) is 3.11. The molecule has 1 saturated carbocycles. The lowest BCUT2D eigenvalue weighted by Gasteiger charge is -2.15. The standard InChI is InChI=1S/C11H13FN4/c12-8-2-1-3-9(8)16-11-7-4-5-13-10(7)14-6-15-11/h4-6,8-9H,1-3H2,(H2,13,14,15,16). The van der Waals surface area contributed by atoms with Gasteiger partial charge in [-0.3, -0.25) is 0 Å². The fourth-order valence-corrected chi connectivity index (χ4v) is 2.24. The fraction of sp³-hybridized carbons (Fsp3) is 0.455. The molecule has 2 N–H and O–H groups in total. The molecular formula is C11H13FN4. The van der Waals surface area contributed by atoms with Crippen LogP contribution in [0.4, 0.5) is 10.2 Å². The van der Waals surface area contributed by atoms with E-state index >= 15 is 0 Å². The quantitative estimate of drug-likeness (QED) is 0.816. The Hall–Kier alpha value is -1.65. The molecule has 2 aromatic rings. The first-order chi connectivity index (χ1) is 7.84. The van der Waals surface area contributed by atoms with Gasteiger partial charge in [0.1, 0.15) is 24.0 Å². The van der Waals surface area contributed by atoms with Crippen LogP contribution < -0.4 is 5.32 Å². The van der Waals surface area contributed by atoms with Crippen molar-refractivity contribution in [3.05, 3.63) is 18.6 Å². The van der Waals surface area contributed by atoms with Crippen molar-refractivity contribution in [1.29, 1.82) is 0 Å². The third kappa shape index (κ3) is 1.52. The van der Waals surface area contributed by atoms with Crippen molar-refractivity contribution < 1.29 is 4.39 Å². The number of aromatic nitrogens is 3. The number of hydrogen-bond acceptors (Lipinski definition) is 3. The van der Waals surface area contributed by atoms with Crippen molar-refractivity contribution in [2.45, 2.75) is 31.5 Å². The Morgan fingerprint density at radius 3 is 3.12 bits per heavy atom. The molecule has 84 valence electrons. The highest BCUT2D eigenvalue weighted by Crippen LogP contribution is 2.27. The molecular weight excluding hydrogens is 207 g/mol. The molecule has 1 aliphatic rings.